The molecule has 21 heavy (non-hydrogen) atoms. The van der Waals surface area contributed by atoms with Gasteiger partial charge in [0.15, 0.2) is 5.03 Å². The van der Waals surface area contributed by atoms with Crippen LogP contribution >= 0.6 is 0 Å². The van der Waals surface area contributed by atoms with E-state index in [1.54, 1.807) is 19.2 Å². The van der Waals surface area contributed by atoms with Gasteiger partial charge in [0.1, 0.15) is 0 Å². The van der Waals surface area contributed by atoms with Crippen molar-refractivity contribution >= 4 is 21.4 Å². The van der Waals surface area contributed by atoms with Crippen LogP contribution in [-0.4, -0.2) is 26.5 Å². The summed E-state index contributed by atoms with van der Waals surface area (Å²) in [6.45, 7) is 1.92. The van der Waals surface area contributed by atoms with Gasteiger partial charge in [-0.2, -0.15) is 8.42 Å². The largest absolute Gasteiger partial charge is 0.386 e. The smallest absolute Gasteiger partial charge is 0.284 e. The summed E-state index contributed by atoms with van der Waals surface area (Å²) in [5.41, 5.74) is 2.31. The van der Waals surface area contributed by atoms with Crippen molar-refractivity contribution in [1.82, 2.24) is 4.98 Å². The maximum Gasteiger partial charge on any atom is 0.284 e. The third-order valence-corrected chi connectivity index (χ3v) is 5.58. The maximum atomic E-state index is 13.0. The Hall–Kier alpha value is -2.08. The van der Waals surface area contributed by atoms with Crippen molar-refractivity contribution in [2.24, 2.45) is 0 Å². The number of nitrogens with one attached hydrogen (secondary N) is 1. The standard InChI is InChI=1S/C15H17N3O2S/c1-11-10-12-6-3-4-8-14(12)18(11)21(19,20)15-13(16-2)7-5-9-17-15/h3-9,11,16H,10H2,1-2H3. The van der Waals surface area contributed by atoms with Crippen LogP contribution in [0, 0.1) is 0 Å². The first-order valence-corrected chi connectivity index (χ1v) is 8.25. The lowest BCUT2D eigenvalue weighted by atomic mass is 10.1. The number of fused-ring (bicyclic) bond motifs is 1. The van der Waals surface area contributed by atoms with E-state index in [1.807, 2.05) is 31.2 Å². The molecule has 6 heteroatoms. The molecule has 1 N–H and O–H groups in total. The summed E-state index contributed by atoms with van der Waals surface area (Å²) < 4.78 is 27.5. The van der Waals surface area contributed by atoms with Gasteiger partial charge in [-0.05, 0) is 37.1 Å². The molecule has 1 aliphatic heterocycles. The second kappa shape index (κ2) is 5.04. The number of nitrogens with zero attached hydrogens (tertiary/aromatic N) is 2. The molecule has 0 fully saturated rings. The molecule has 2 aromatic rings. The Kier molecular flexibility index (Phi) is 3.33. The fraction of sp³-hybridized carbons (Fsp3) is 0.267. The number of anilines is 2. The Morgan fingerprint density at radius 2 is 2.00 bits per heavy atom. The molecule has 0 bridgehead atoms. The van der Waals surface area contributed by atoms with Gasteiger partial charge in [-0.1, -0.05) is 18.2 Å². The van der Waals surface area contributed by atoms with Crippen molar-refractivity contribution in [1.29, 1.82) is 0 Å². The molecule has 1 atom stereocenters. The van der Waals surface area contributed by atoms with Crippen LogP contribution in [0.3, 0.4) is 0 Å². The molecule has 0 spiro atoms. The summed E-state index contributed by atoms with van der Waals surface area (Å²) in [7, 11) is -1.99. The Morgan fingerprint density at radius 3 is 2.76 bits per heavy atom. The molecular weight excluding hydrogens is 286 g/mol. The lowest BCUT2D eigenvalue weighted by molar-refractivity contribution is 0.581. The van der Waals surface area contributed by atoms with Crippen LogP contribution in [0.5, 0.6) is 0 Å². The van der Waals surface area contributed by atoms with Crippen LogP contribution in [-0.2, 0) is 16.4 Å². The van der Waals surface area contributed by atoms with E-state index in [2.05, 4.69) is 10.3 Å². The molecule has 1 aromatic carbocycles. The highest BCUT2D eigenvalue weighted by Gasteiger charge is 2.37. The van der Waals surface area contributed by atoms with Gasteiger partial charge in [-0.3, -0.25) is 4.31 Å². The Balaban J connectivity index is 2.15. The number of benzene rings is 1. The fourth-order valence-corrected chi connectivity index (χ4v) is 4.60. The summed E-state index contributed by atoms with van der Waals surface area (Å²) in [4.78, 5) is 4.08. The Bertz CT molecular complexity index is 774. The highest BCUT2D eigenvalue weighted by Crippen LogP contribution is 2.37. The van der Waals surface area contributed by atoms with E-state index in [0.717, 1.165) is 17.7 Å². The number of aromatic nitrogens is 1. The molecule has 0 saturated heterocycles. The van der Waals surface area contributed by atoms with Crippen LogP contribution in [0.4, 0.5) is 11.4 Å². The summed E-state index contributed by atoms with van der Waals surface area (Å²) in [6, 6.07) is 10.9. The zero-order valence-electron chi connectivity index (χ0n) is 11.9. The number of sulfonamides is 1. The lowest BCUT2D eigenvalue weighted by Crippen LogP contribution is -2.36. The second-order valence-electron chi connectivity index (χ2n) is 5.09. The predicted octanol–water partition coefficient (Wildman–Crippen LogP) is 2.26. The van der Waals surface area contributed by atoms with E-state index in [9.17, 15) is 8.42 Å². The van der Waals surface area contributed by atoms with Crippen molar-refractivity contribution in [3.63, 3.8) is 0 Å². The van der Waals surface area contributed by atoms with Crippen molar-refractivity contribution in [2.45, 2.75) is 24.4 Å². The SMILES string of the molecule is CNc1cccnc1S(=O)(=O)N1c2ccccc2CC1C. The third-order valence-electron chi connectivity index (χ3n) is 3.69. The van der Waals surface area contributed by atoms with Gasteiger partial charge < -0.3 is 5.32 Å². The van der Waals surface area contributed by atoms with Gasteiger partial charge >= 0.3 is 0 Å². The third kappa shape index (κ3) is 2.15. The van der Waals surface area contributed by atoms with E-state index in [-0.39, 0.29) is 11.1 Å². The molecule has 3 rings (SSSR count). The molecule has 0 radical (unpaired) electrons. The quantitative estimate of drug-likeness (QED) is 0.945. The molecular formula is C15H17N3O2S. The zero-order valence-corrected chi connectivity index (χ0v) is 12.8. The van der Waals surface area contributed by atoms with E-state index >= 15 is 0 Å². The highest BCUT2D eigenvalue weighted by atomic mass is 32.2. The van der Waals surface area contributed by atoms with Gasteiger partial charge in [0.2, 0.25) is 0 Å². The van der Waals surface area contributed by atoms with Gasteiger partial charge in [0, 0.05) is 19.3 Å². The maximum absolute atomic E-state index is 13.0. The molecule has 1 aromatic heterocycles. The van der Waals surface area contributed by atoms with Crippen molar-refractivity contribution in [2.75, 3.05) is 16.7 Å². The second-order valence-corrected chi connectivity index (χ2v) is 6.82. The molecule has 0 amide bonds. The van der Waals surface area contributed by atoms with Gasteiger partial charge in [-0.25, -0.2) is 4.98 Å². The number of para-hydroxylation sites is 1. The lowest BCUT2D eigenvalue weighted by Gasteiger charge is -2.24. The average Bonchev–Trinajstić information content (AvgIpc) is 2.83. The first kappa shape index (κ1) is 13.9. The molecule has 0 aliphatic carbocycles. The molecule has 0 saturated carbocycles. The first-order chi connectivity index (χ1) is 10.1. The van der Waals surface area contributed by atoms with Crippen molar-refractivity contribution in [3.8, 4) is 0 Å². The van der Waals surface area contributed by atoms with Gasteiger partial charge in [-0.15, -0.1) is 0 Å². The fourth-order valence-electron chi connectivity index (χ4n) is 2.78. The minimum atomic E-state index is -3.68. The molecule has 1 unspecified atom stereocenters. The minimum absolute atomic E-state index is 0.0658. The number of hydrogen-bond donors (Lipinski definition) is 1. The highest BCUT2D eigenvalue weighted by molar-refractivity contribution is 7.93. The van der Waals surface area contributed by atoms with Crippen molar-refractivity contribution in [3.05, 3.63) is 48.2 Å². The van der Waals surface area contributed by atoms with Crippen LogP contribution in [0.2, 0.25) is 0 Å². The number of hydrogen-bond acceptors (Lipinski definition) is 4. The number of rotatable bonds is 3. The van der Waals surface area contributed by atoms with Crippen LogP contribution in [0.1, 0.15) is 12.5 Å². The monoisotopic (exact) mass is 303 g/mol. The van der Waals surface area contributed by atoms with Gasteiger partial charge in [0.25, 0.3) is 10.0 Å². The van der Waals surface area contributed by atoms with Crippen LogP contribution in [0.25, 0.3) is 0 Å². The summed E-state index contributed by atoms with van der Waals surface area (Å²) in [5.74, 6) is 0. The Labute approximate surface area is 124 Å². The summed E-state index contributed by atoms with van der Waals surface area (Å²) in [5, 5.41) is 2.96. The van der Waals surface area contributed by atoms with E-state index < -0.39 is 10.0 Å². The normalized spacial score (nSPS) is 17.6. The average molecular weight is 303 g/mol. The van der Waals surface area contributed by atoms with E-state index in [1.165, 1.54) is 10.5 Å². The topological polar surface area (TPSA) is 62.3 Å². The van der Waals surface area contributed by atoms with Crippen molar-refractivity contribution < 1.29 is 8.42 Å². The van der Waals surface area contributed by atoms with Crippen LogP contribution < -0.4 is 9.62 Å². The minimum Gasteiger partial charge on any atom is -0.386 e. The van der Waals surface area contributed by atoms with Gasteiger partial charge in [0.05, 0.1) is 11.4 Å². The van der Waals surface area contributed by atoms with E-state index in [0.29, 0.717) is 5.69 Å². The van der Waals surface area contributed by atoms with Crippen LogP contribution in [0.15, 0.2) is 47.6 Å². The molecule has 1 aliphatic rings. The molecule has 5 nitrogen and oxygen atoms in total. The Morgan fingerprint density at radius 1 is 1.24 bits per heavy atom. The van der Waals surface area contributed by atoms with E-state index in [4.69, 9.17) is 0 Å². The predicted molar refractivity (Wildman–Crippen MR) is 83.1 cm³/mol. The first-order valence-electron chi connectivity index (χ1n) is 6.81. The molecule has 2 heterocycles. The number of pyridine rings is 1. The molecule has 110 valence electrons. The zero-order chi connectivity index (χ0) is 15.0. The summed E-state index contributed by atoms with van der Waals surface area (Å²) >= 11 is 0. The summed E-state index contributed by atoms with van der Waals surface area (Å²) in [6.07, 6.45) is 2.22.